The molecule has 0 amide bonds. The van der Waals surface area contributed by atoms with Gasteiger partial charge in [-0.05, 0) is 19.9 Å². The molecule has 0 aromatic heterocycles. The summed E-state index contributed by atoms with van der Waals surface area (Å²) in [5.41, 5.74) is 5.41. The number of halogens is 1. The van der Waals surface area contributed by atoms with E-state index in [-0.39, 0.29) is 12.0 Å². The van der Waals surface area contributed by atoms with Crippen molar-refractivity contribution in [3.05, 3.63) is 0 Å². The molecule has 3 N–H and O–H groups in total. The van der Waals surface area contributed by atoms with Crippen LogP contribution in [0, 0.1) is 5.92 Å². The van der Waals surface area contributed by atoms with Gasteiger partial charge in [0.2, 0.25) is 0 Å². The first-order valence-corrected chi connectivity index (χ1v) is 3.82. The van der Waals surface area contributed by atoms with Crippen LogP contribution in [-0.2, 0) is 0 Å². The Kier molecular flexibility index (Phi) is 2.63. The van der Waals surface area contributed by atoms with Crippen molar-refractivity contribution in [3.63, 3.8) is 0 Å². The van der Waals surface area contributed by atoms with Crippen LogP contribution in [0.4, 0.5) is 4.39 Å². The lowest BCUT2D eigenvalue weighted by Crippen LogP contribution is -2.35. The largest absolute Gasteiger partial charge is 0.325 e. The highest BCUT2D eigenvalue weighted by atomic mass is 19.1. The average molecular weight is 146 g/mol. The Morgan fingerprint density at radius 3 is 2.80 bits per heavy atom. The molecule has 60 valence electrons. The number of hydrogen-bond acceptors (Lipinski definition) is 2. The molecule has 1 rings (SSSR count). The van der Waals surface area contributed by atoms with E-state index in [0.29, 0.717) is 0 Å². The number of hydrogen-bond donors (Lipinski definition) is 2. The smallest absolute Gasteiger partial charge is 0.119 e. The Morgan fingerprint density at radius 2 is 2.40 bits per heavy atom. The maximum absolute atomic E-state index is 13.1. The minimum Gasteiger partial charge on any atom is -0.325 e. The Labute approximate surface area is 61.0 Å². The van der Waals surface area contributed by atoms with Gasteiger partial charge < -0.3 is 11.1 Å². The van der Waals surface area contributed by atoms with Gasteiger partial charge >= 0.3 is 0 Å². The first-order valence-electron chi connectivity index (χ1n) is 3.82. The summed E-state index contributed by atoms with van der Waals surface area (Å²) >= 11 is 0. The molecule has 3 unspecified atom stereocenters. The first kappa shape index (κ1) is 7.95. The summed E-state index contributed by atoms with van der Waals surface area (Å²) in [5.74, 6) is 0.153. The van der Waals surface area contributed by atoms with Crippen LogP contribution in [0.1, 0.15) is 13.3 Å². The van der Waals surface area contributed by atoms with Gasteiger partial charge in [0.05, 0.1) is 0 Å². The molecule has 3 heteroatoms. The van der Waals surface area contributed by atoms with Crippen molar-refractivity contribution in [2.24, 2.45) is 11.7 Å². The van der Waals surface area contributed by atoms with Gasteiger partial charge in [-0.25, -0.2) is 4.39 Å². The third kappa shape index (κ3) is 1.67. The van der Waals surface area contributed by atoms with Gasteiger partial charge in [0.25, 0.3) is 0 Å². The van der Waals surface area contributed by atoms with Crippen LogP contribution in [0.15, 0.2) is 0 Å². The van der Waals surface area contributed by atoms with E-state index in [1.165, 1.54) is 0 Å². The zero-order valence-electron chi connectivity index (χ0n) is 6.31. The van der Waals surface area contributed by atoms with Gasteiger partial charge in [0.15, 0.2) is 0 Å². The van der Waals surface area contributed by atoms with Crippen LogP contribution in [0.2, 0.25) is 0 Å². The van der Waals surface area contributed by atoms with Gasteiger partial charge in [-0.3, -0.25) is 0 Å². The Hall–Kier alpha value is -0.150. The highest BCUT2D eigenvalue weighted by Crippen LogP contribution is 2.17. The molecule has 1 heterocycles. The van der Waals surface area contributed by atoms with Crippen LogP contribution < -0.4 is 11.1 Å². The Morgan fingerprint density at radius 1 is 1.70 bits per heavy atom. The topological polar surface area (TPSA) is 38.0 Å². The van der Waals surface area contributed by atoms with E-state index in [1.807, 2.05) is 0 Å². The molecule has 1 fully saturated rings. The number of alkyl halides is 1. The second-order valence-electron chi connectivity index (χ2n) is 3.06. The van der Waals surface area contributed by atoms with Gasteiger partial charge in [-0.15, -0.1) is 0 Å². The maximum atomic E-state index is 13.1. The highest BCUT2D eigenvalue weighted by molar-refractivity contribution is 4.82. The monoisotopic (exact) mass is 146 g/mol. The van der Waals surface area contributed by atoms with Gasteiger partial charge in [-0.1, -0.05) is 0 Å². The quantitative estimate of drug-likeness (QED) is 0.587. The normalized spacial score (nSPS) is 32.1. The SMILES string of the molecule is CC(N)C(F)C1CCNC1. The molecule has 1 aliphatic heterocycles. The molecule has 0 saturated carbocycles. The minimum absolute atomic E-state index is 0.153. The molecule has 2 nitrogen and oxygen atoms in total. The van der Waals surface area contributed by atoms with Crippen LogP contribution >= 0.6 is 0 Å². The summed E-state index contributed by atoms with van der Waals surface area (Å²) in [6.45, 7) is 3.46. The zero-order chi connectivity index (χ0) is 7.56. The molecular formula is C7H15FN2. The predicted molar refractivity (Wildman–Crippen MR) is 39.5 cm³/mol. The first-order chi connectivity index (χ1) is 4.72. The summed E-state index contributed by atoms with van der Waals surface area (Å²) < 4.78 is 13.1. The summed E-state index contributed by atoms with van der Waals surface area (Å²) in [7, 11) is 0. The van der Waals surface area contributed by atoms with Crippen molar-refractivity contribution in [2.45, 2.75) is 25.6 Å². The molecule has 0 aromatic carbocycles. The van der Waals surface area contributed by atoms with E-state index < -0.39 is 6.17 Å². The number of nitrogens with one attached hydrogen (secondary N) is 1. The molecule has 0 bridgehead atoms. The zero-order valence-corrected chi connectivity index (χ0v) is 6.31. The summed E-state index contributed by atoms with van der Waals surface area (Å²) in [6.07, 6.45) is 0.109. The standard InChI is InChI=1S/C7H15FN2/c1-5(9)7(8)6-2-3-10-4-6/h5-7,10H,2-4,9H2,1H3. The maximum Gasteiger partial charge on any atom is 0.119 e. The molecule has 1 saturated heterocycles. The lowest BCUT2D eigenvalue weighted by atomic mass is 9.98. The second kappa shape index (κ2) is 3.30. The molecular weight excluding hydrogens is 131 g/mol. The van der Waals surface area contributed by atoms with Crippen molar-refractivity contribution in [1.82, 2.24) is 5.32 Å². The second-order valence-corrected chi connectivity index (χ2v) is 3.06. The van der Waals surface area contributed by atoms with Gasteiger partial charge in [-0.2, -0.15) is 0 Å². The summed E-state index contributed by atoms with van der Waals surface area (Å²) in [5, 5.41) is 3.11. The molecule has 3 atom stereocenters. The van der Waals surface area contributed by atoms with E-state index in [2.05, 4.69) is 5.32 Å². The lowest BCUT2D eigenvalue weighted by molar-refractivity contribution is 0.210. The highest BCUT2D eigenvalue weighted by Gasteiger charge is 2.26. The van der Waals surface area contributed by atoms with E-state index in [4.69, 9.17) is 5.73 Å². The van der Waals surface area contributed by atoms with E-state index in [9.17, 15) is 4.39 Å². The van der Waals surface area contributed by atoms with Crippen molar-refractivity contribution in [1.29, 1.82) is 0 Å². The molecule has 10 heavy (non-hydrogen) atoms. The van der Waals surface area contributed by atoms with Crippen molar-refractivity contribution >= 4 is 0 Å². The van der Waals surface area contributed by atoms with Crippen LogP contribution in [0.25, 0.3) is 0 Å². The van der Waals surface area contributed by atoms with Crippen LogP contribution in [0.3, 0.4) is 0 Å². The fourth-order valence-electron chi connectivity index (χ4n) is 1.38. The molecule has 0 aromatic rings. The summed E-state index contributed by atoms with van der Waals surface area (Å²) in [4.78, 5) is 0. The van der Waals surface area contributed by atoms with E-state index >= 15 is 0 Å². The Balaban J connectivity index is 2.32. The van der Waals surface area contributed by atoms with E-state index in [1.54, 1.807) is 6.92 Å². The lowest BCUT2D eigenvalue weighted by Gasteiger charge is -2.17. The third-order valence-corrected chi connectivity index (χ3v) is 2.05. The van der Waals surface area contributed by atoms with E-state index in [0.717, 1.165) is 19.5 Å². The molecule has 0 radical (unpaired) electrons. The third-order valence-electron chi connectivity index (χ3n) is 2.05. The molecule has 0 aliphatic carbocycles. The van der Waals surface area contributed by atoms with Crippen molar-refractivity contribution < 1.29 is 4.39 Å². The fourth-order valence-corrected chi connectivity index (χ4v) is 1.38. The number of rotatable bonds is 2. The van der Waals surface area contributed by atoms with Crippen molar-refractivity contribution in [3.8, 4) is 0 Å². The van der Waals surface area contributed by atoms with Crippen LogP contribution in [-0.4, -0.2) is 25.3 Å². The van der Waals surface area contributed by atoms with Crippen molar-refractivity contribution in [2.75, 3.05) is 13.1 Å². The molecule has 1 aliphatic rings. The summed E-state index contributed by atoms with van der Waals surface area (Å²) in [6, 6.07) is -0.315. The predicted octanol–water partition coefficient (Wildman–Crippen LogP) is 0.281. The average Bonchev–Trinajstić information content (AvgIpc) is 2.36. The fraction of sp³-hybridized carbons (Fsp3) is 1.00. The van der Waals surface area contributed by atoms with Crippen LogP contribution in [0.5, 0.6) is 0 Å². The minimum atomic E-state index is -0.824. The number of nitrogens with two attached hydrogens (primary N) is 1. The Bertz CT molecular complexity index is 99.8. The van der Waals surface area contributed by atoms with Gasteiger partial charge in [0.1, 0.15) is 6.17 Å². The molecule has 0 spiro atoms. The van der Waals surface area contributed by atoms with Gasteiger partial charge in [0, 0.05) is 18.5 Å².